The molecule has 2 aliphatic heterocycles. The van der Waals surface area contributed by atoms with Crippen molar-refractivity contribution in [3.05, 3.63) is 81.8 Å². The highest BCUT2D eigenvalue weighted by Gasteiger charge is 2.36. The molecule has 5 rings (SSSR count). The topological polar surface area (TPSA) is 44.1 Å². The van der Waals surface area contributed by atoms with Gasteiger partial charge in [-0.2, -0.15) is 5.10 Å². The number of benzene rings is 2. The van der Waals surface area contributed by atoms with Crippen molar-refractivity contribution in [3.63, 3.8) is 0 Å². The van der Waals surface area contributed by atoms with Crippen LogP contribution in [0.15, 0.2) is 48.7 Å². The molecule has 0 amide bonds. The van der Waals surface area contributed by atoms with Crippen molar-refractivity contribution in [2.75, 3.05) is 19.6 Å². The van der Waals surface area contributed by atoms with Gasteiger partial charge in [0.15, 0.2) is 5.69 Å². The third-order valence-corrected chi connectivity index (χ3v) is 6.57. The van der Waals surface area contributed by atoms with Crippen molar-refractivity contribution in [2.24, 2.45) is 7.05 Å². The Morgan fingerprint density at radius 2 is 1.90 bits per heavy atom. The zero-order chi connectivity index (χ0) is 20.0. The lowest BCUT2D eigenvalue weighted by molar-refractivity contribution is 0.244. The molecule has 29 heavy (non-hydrogen) atoms. The van der Waals surface area contributed by atoms with Gasteiger partial charge in [0, 0.05) is 51.2 Å². The summed E-state index contributed by atoms with van der Waals surface area (Å²) < 4.78 is 1.48. The maximum absolute atomic E-state index is 14.2. The summed E-state index contributed by atoms with van der Waals surface area (Å²) >= 11 is 0. The Bertz CT molecular complexity index is 1060. The SMILES string of the molecule is Cc1ccc2c(c1)Cc1c(cnn1C)[N+]2([O-])CCCN1CCc2ccccc2C1. The molecule has 3 heterocycles. The molecule has 1 aromatic heterocycles. The number of quaternary nitrogens is 1. The van der Waals surface area contributed by atoms with Gasteiger partial charge in [0.1, 0.15) is 17.6 Å². The second kappa shape index (κ2) is 7.10. The Kier molecular flexibility index (Phi) is 4.54. The summed E-state index contributed by atoms with van der Waals surface area (Å²) in [6.45, 7) is 5.65. The summed E-state index contributed by atoms with van der Waals surface area (Å²) in [6.07, 6.45) is 4.53. The molecular formula is C24H28N4O. The van der Waals surface area contributed by atoms with E-state index in [1.807, 2.05) is 17.8 Å². The summed E-state index contributed by atoms with van der Waals surface area (Å²) in [5.74, 6) is 0. The van der Waals surface area contributed by atoms with Crippen molar-refractivity contribution in [3.8, 4) is 0 Å². The first-order valence-electron chi connectivity index (χ1n) is 10.5. The first kappa shape index (κ1) is 18.6. The molecule has 0 saturated carbocycles. The number of hydrogen-bond acceptors (Lipinski definition) is 3. The fourth-order valence-corrected chi connectivity index (χ4v) is 4.98. The van der Waals surface area contributed by atoms with Crippen LogP contribution in [0.25, 0.3) is 0 Å². The van der Waals surface area contributed by atoms with E-state index in [1.54, 1.807) is 6.20 Å². The predicted molar refractivity (Wildman–Crippen MR) is 117 cm³/mol. The average Bonchev–Trinajstić information content (AvgIpc) is 3.09. The van der Waals surface area contributed by atoms with Crippen LogP contribution in [0.3, 0.4) is 0 Å². The van der Waals surface area contributed by atoms with Gasteiger partial charge < -0.3 is 5.21 Å². The summed E-state index contributed by atoms with van der Waals surface area (Å²) in [7, 11) is 1.94. The molecule has 0 saturated heterocycles. The van der Waals surface area contributed by atoms with Gasteiger partial charge in [-0.3, -0.25) is 14.2 Å². The van der Waals surface area contributed by atoms with E-state index in [2.05, 4.69) is 53.3 Å². The number of fused-ring (bicyclic) bond motifs is 3. The summed E-state index contributed by atoms with van der Waals surface area (Å²) in [5, 5.41) is 18.6. The molecule has 0 bridgehead atoms. The molecule has 5 nitrogen and oxygen atoms in total. The molecule has 1 unspecified atom stereocenters. The zero-order valence-corrected chi connectivity index (χ0v) is 17.3. The molecule has 0 radical (unpaired) electrons. The van der Waals surface area contributed by atoms with E-state index in [4.69, 9.17) is 0 Å². The van der Waals surface area contributed by atoms with Crippen LogP contribution >= 0.6 is 0 Å². The van der Waals surface area contributed by atoms with Crippen LogP contribution in [-0.4, -0.2) is 34.3 Å². The highest BCUT2D eigenvalue weighted by Crippen LogP contribution is 2.44. The van der Waals surface area contributed by atoms with Crippen LogP contribution < -0.4 is 4.65 Å². The minimum Gasteiger partial charge on any atom is -0.622 e. The molecule has 0 aliphatic carbocycles. The number of rotatable bonds is 4. The van der Waals surface area contributed by atoms with Gasteiger partial charge in [0.2, 0.25) is 0 Å². The quantitative estimate of drug-likeness (QED) is 0.497. The van der Waals surface area contributed by atoms with Crippen LogP contribution in [0.4, 0.5) is 11.4 Å². The van der Waals surface area contributed by atoms with E-state index < -0.39 is 0 Å². The van der Waals surface area contributed by atoms with Crippen molar-refractivity contribution < 1.29 is 0 Å². The fourth-order valence-electron chi connectivity index (χ4n) is 4.98. The molecule has 5 heteroatoms. The molecule has 0 N–H and O–H groups in total. The number of aryl methyl sites for hydroxylation is 2. The Morgan fingerprint density at radius 1 is 1.07 bits per heavy atom. The third kappa shape index (κ3) is 3.19. The minimum atomic E-state index is -0.386. The highest BCUT2D eigenvalue weighted by atomic mass is 16.5. The van der Waals surface area contributed by atoms with E-state index in [0.717, 1.165) is 61.5 Å². The third-order valence-electron chi connectivity index (χ3n) is 6.57. The standard InChI is InChI=1S/C24H28N4O/c1-18-8-9-23-21(14-18)15-22-24(16-25-26(22)2)28(23,29)13-5-11-27-12-10-19-6-3-4-7-20(19)17-27/h3-4,6-9,14,16H,5,10-13,15,17H2,1-2H3. The van der Waals surface area contributed by atoms with Crippen molar-refractivity contribution in [2.45, 2.75) is 32.7 Å². The van der Waals surface area contributed by atoms with Crippen LogP contribution in [0.2, 0.25) is 0 Å². The number of hydrogen-bond donors (Lipinski definition) is 0. The van der Waals surface area contributed by atoms with E-state index >= 15 is 0 Å². The first-order valence-corrected chi connectivity index (χ1v) is 10.5. The van der Waals surface area contributed by atoms with Crippen LogP contribution in [0.5, 0.6) is 0 Å². The molecular weight excluding hydrogens is 360 g/mol. The maximum Gasteiger partial charge on any atom is 0.179 e. The summed E-state index contributed by atoms with van der Waals surface area (Å²) in [4.78, 5) is 2.48. The lowest BCUT2D eigenvalue weighted by Crippen LogP contribution is -2.43. The number of hydroxylamine groups is 1. The molecule has 3 aromatic rings. The van der Waals surface area contributed by atoms with E-state index in [-0.39, 0.29) is 4.65 Å². The second-order valence-corrected chi connectivity index (χ2v) is 8.52. The largest absolute Gasteiger partial charge is 0.622 e. The smallest absolute Gasteiger partial charge is 0.179 e. The lowest BCUT2D eigenvalue weighted by atomic mass is 9.97. The lowest BCUT2D eigenvalue weighted by Gasteiger charge is -2.45. The maximum atomic E-state index is 14.2. The zero-order valence-electron chi connectivity index (χ0n) is 17.3. The number of nitrogens with zero attached hydrogens (tertiary/aromatic N) is 4. The Hall–Kier alpha value is -2.47. The Labute approximate surface area is 172 Å². The molecule has 1 atom stereocenters. The van der Waals surface area contributed by atoms with E-state index in [1.165, 1.54) is 16.7 Å². The van der Waals surface area contributed by atoms with Gasteiger partial charge in [-0.15, -0.1) is 0 Å². The summed E-state index contributed by atoms with van der Waals surface area (Å²) in [5.41, 5.74) is 7.99. The molecule has 150 valence electrons. The van der Waals surface area contributed by atoms with E-state index in [0.29, 0.717) is 6.54 Å². The van der Waals surface area contributed by atoms with E-state index in [9.17, 15) is 5.21 Å². The van der Waals surface area contributed by atoms with Gasteiger partial charge in [-0.25, -0.2) is 0 Å². The van der Waals surface area contributed by atoms with Gasteiger partial charge in [0.05, 0.1) is 6.54 Å². The monoisotopic (exact) mass is 388 g/mol. The van der Waals surface area contributed by atoms with Crippen molar-refractivity contribution in [1.82, 2.24) is 19.3 Å². The molecule has 2 aliphatic rings. The van der Waals surface area contributed by atoms with Crippen molar-refractivity contribution in [1.29, 1.82) is 0 Å². The van der Waals surface area contributed by atoms with Crippen molar-refractivity contribution >= 4 is 11.4 Å². The molecule has 0 fully saturated rings. The van der Waals surface area contributed by atoms with Gasteiger partial charge in [0.25, 0.3) is 0 Å². The second-order valence-electron chi connectivity index (χ2n) is 8.52. The first-order chi connectivity index (χ1) is 14.0. The molecule has 0 spiro atoms. The normalized spacial score (nSPS) is 20.8. The predicted octanol–water partition coefficient (Wildman–Crippen LogP) is 4.22. The van der Waals surface area contributed by atoms with Gasteiger partial charge in [-0.05, 0) is 30.5 Å². The van der Waals surface area contributed by atoms with Crippen LogP contribution in [-0.2, 0) is 26.4 Å². The molecule has 2 aromatic carbocycles. The van der Waals surface area contributed by atoms with Gasteiger partial charge in [-0.1, -0.05) is 35.9 Å². The average molecular weight is 389 g/mol. The minimum absolute atomic E-state index is 0.386. The van der Waals surface area contributed by atoms with Crippen LogP contribution in [0, 0.1) is 12.1 Å². The fraction of sp³-hybridized carbons (Fsp3) is 0.375. The Balaban J connectivity index is 1.36. The Morgan fingerprint density at radius 3 is 2.76 bits per heavy atom. The van der Waals surface area contributed by atoms with Gasteiger partial charge >= 0.3 is 0 Å². The van der Waals surface area contributed by atoms with Crippen LogP contribution in [0.1, 0.15) is 34.4 Å². The number of aromatic nitrogens is 2. The summed E-state index contributed by atoms with van der Waals surface area (Å²) in [6, 6.07) is 15.0. The highest BCUT2D eigenvalue weighted by molar-refractivity contribution is 5.69.